The molecule has 0 radical (unpaired) electrons. The number of aromatic nitrogens is 4. The molecule has 154 valence electrons. The molecular weight excluding hydrogens is 424 g/mol. The topological polar surface area (TPSA) is 94.0 Å². The molecule has 0 saturated heterocycles. The Bertz CT molecular complexity index is 1210. The number of ether oxygens (including phenoxy) is 1. The summed E-state index contributed by atoms with van der Waals surface area (Å²) in [5.74, 6) is 0. The summed E-state index contributed by atoms with van der Waals surface area (Å²) in [4.78, 5) is 22.4. The molecule has 4 rings (SSSR count). The first-order chi connectivity index (χ1) is 14.5. The molecule has 30 heavy (non-hydrogen) atoms. The molecule has 0 saturated carbocycles. The Morgan fingerprint density at radius 3 is 2.87 bits per heavy atom. The number of hydrogen-bond acceptors (Lipinski definition) is 6. The molecule has 0 spiro atoms. The Morgan fingerprint density at radius 2 is 2.17 bits per heavy atom. The summed E-state index contributed by atoms with van der Waals surface area (Å²) in [6.45, 7) is 3.82. The van der Waals surface area contributed by atoms with Gasteiger partial charge in [0, 0.05) is 30.8 Å². The summed E-state index contributed by atoms with van der Waals surface area (Å²) in [6, 6.07) is 6.60. The van der Waals surface area contributed by atoms with Crippen molar-refractivity contribution in [2.24, 2.45) is 0 Å². The fraction of sp³-hybridized carbons (Fsp3) is 0.200. The van der Waals surface area contributed by atoms with E-state index in [1.165, 1.54) is 11.3 Å². The number of pyridine rings is 1. The molecule has 10 heteroatoms. The van der Waals surface area contributed by atoms with Crippen LogP contribution in [0.1, 0.15) is 23.6 Å². The van der Waals surface area contributed by atoms with Crippen molar-refractivity contribution in [2.75, 3.05) is 17.7 Å². The van der Waals surface area contributed by atoms with E-state index in [9.17, 15) is 4.79 Å². The molecule has 3 heterocycles. The monoisotopic (exact) mass is 442 g/mol. The van der Waals surface area contributed by atoms with Gasteiger partial charge >= 0.3 is 6.03 Å². The van der Waals surface area contributed by atoms with Crippen molar-refractivity contribution >= 4 is 50.7 Å². The molecule has 3 aromatic heterocycles. The highest BCUT2D eigenvalue weighted by Crippen LogP contribution is 2.33. The third kappa shape index (κ3) is 4.00. The number of thiazole rings is 1. The van der Waals surface area contributed by atoms with E-state index in [0.29, 0.717) is 16.4 Å². The minimum atomic E-state index is -0.421. The first-order valence-electron chi connectivity index (χ1n) is 9.12. The third-order valence-corrected chi connectivity index (χ3v) is 5.72. The maximum atomic E-state index is 12.6. The molecule has 8 nitrogen and oxygen atoms in total. The van der Waals surface area contributed by atoms with Crippen LogP contribution in [0.3, 0.4) is 0 Å². The van der Waals surface area contributed by atoms with Gasteiger partial charge < -0.3 is 15.4 Å². The molecule has 2 N–H and O–H groups in total. The van der Waals surface area contributed by atoms with Crippen LogP contribution in [-0.4, -0.2) is 32.9 Å². The number of nitrogens with one attached hydrogen (secondary N) is 2. The number of rotatable bonds is 5. The van der Waals surface area contributed by atoms with E-state index >= 15 is 0 Å². The van der Waals surface area contributed by atoms with Gasteiger partial charge in [-0.3, -0.25) is 0 Å². The lowest BCUT2D eigenvalue weighted by Gasteiger charge is -2.16. The van der Waals surface area contributed by atoms with Gasteiger partial charge in [0.25, 0.3) is 0 Å². The minimum absolute atomic E-state index is 0.268. The minimum Gasteiger partial charge on any atom is -0.377 e. The maximum Gasteiger partial charge on any atom is 0.323 e. The number of carbonyl (C=O) groups is 1. The average molecular weight is 443 g/mol. The Hall–Kier alpha value is -3.01. The third-order valence-electron chi connectivity index (χ3n) is 4.54. The second kappa shape index (κ2) is 8.39. The van der Waals surface area contributed by atoms with Gasteiger partial charge in [0.1, 0.15) is 10.3 Å². The number of aryl methyl sites for hydroxylation is 1. The highest BCUT2D eigenvalue weighted by Gasteiger charge is 2.20. The molecule has 0 aliphatic heterocycles. The molecule has 4 aromatic rings. The van der Waals surface area contributed by atoms with Gasteiger partial charge in [-0.1, -0.05) is 22.9 Å². The van der Waals surface area contributed by atoms with Crippen molar-refractivity contribution in [1.82, 2.24) is 19.7 Å². The van der Waals surface area contributed by atoms with Crippen molar-refractivity contribution in [1.29, 1.82) is 0 Å². The van der Waals surface area contributed by atoms with Gasteiger partial charge in [-0.15, -0.1) is 0 Å². The Kier molecular flexibility index (Phi) is 5.67. The van der Waals surface area contributed by atoms with Gasteiger partial charge in [-0.25, -0.2) is 19.4 Å². The molecular formula is C20H19ClN6O2S. The standard InChI is InChI=1S/C20H19ClN6O2S/c1-11(29-3)17-15(10-22-19-18(17)24-12(2)30-19)26-20(28)25-13-5-6-16(14(21)9-13)27-8-4-7-23-27/h4-11H,1-3H3,(H2,25,26,28). The van der Waals surface area contributed by atoms with Gasteiger partial charge in [-0.05, 0) is 38.1 Å². The van der Waals surface area contributed by atoms with Crippen LogP contribution in [0.2, 0.25) is 5.02 Å². The molecule has 1 unspecified atom stereocenters. The molecule has 2 amide bonds. The van der Waals surface area contributed by atoms with Gasteiger partial charge in [0.05, 0.1) is 33.7 Å². The van der Waals surface area contributed by atoms with Crippen LogP contribution >= 0.6 is 22.9 Å². The summed E-state index contributed by atoms with van der Waals surface area (Å²) >= 11 is 7.85. The van der Waals surface area contributed by atoms with Crippen LogP contribution in [0.15, 0.2) is 42.9 Å². The van der Waals surface area contributed by atoms with Gasteiger partial charge in [-0.2, -0.15) is 5.10 Å². The second-order valence-electron chi connectivity index (χ2n) is 6.55. The average Bonchev–Trinajstić information content (AvgIpc) is 3.36. The quantitative estimate of drug-likeness (QED) is 0.443. The van der Waals surface area contributed by atoms with E-state index in [1.54, 1.807) is 48.6 Å². The van der Waals surface area contributed by atoms with Gasteiger partial charge in [0.15, 0.2) is 0 Å². The summed E-state index contributed by atoms with van der Waals surface area (Å²) in [5, 5.41) is 11.2. The lowest BCUT2D eigenvalue weighted by atomic mass is 10.1. The van der Waals surface area contributed by atoms with E-state index < -0.39 is 6.03 Å². The first-order valence-corrected chi connectivity index (χ1v) is 10.3. The zero-order valence-electron chi connectivity index (χ0n) is 16.5. The normalized spacial score (nSPS) is 12.1. The summed E-state index contributed by atoms with van der Waals surface area (Å²) in [5.41, 5.74) is 3.33. The number of nitrogens with zero attached hydrogens (tertiary/aromatic N) is 4. The fourth-order valence-corrected chi connectivity index (χ4v) is 4.14. The van der Waals surface area contributed by atoms with E-state index in [2.05, 4.69) is 25.7 Å². The number of carbonyl (C=O) groups excluding carboxylic acids is 1. The first kappa shape index (κ1) is 20.3. The summed E-state index contributed by atoms with van der Waals surface area (Å²) in [6.07, 6.45) is 4.82. The number of fused-ring (bicyclic) bond motifs is 1. The zero-order chi connectivity index (χ0) is 21.3. The van der Waals surface area contributed by atoms with Crippen molar-refractivity contribution < 1.29 is 9.53 Å². The van der Waals surface area contributed by atoms with Crippen LogP contribution in [-0.2, 0) is 4.74 Å². The van der Waals surface area contributed by atoms with Gasteiger partial charge in [0.2, 0.25) is 0 Å². The van der Waals surface area contributed by atoms with Crippen LogP contribution in [0.25, 0.3) is 16.0 Å². The number of anilines is 2. The SMILES string of the molecule is COC(C)c1c(NC(=O)Nc2ccc(-n3cccn3)c(Cl)c2)cnc2sc(C)nc12. The Labute approximate surface area is 181 Å². The predicted molar refractivity (Wildman–Crippen MR) is 119 cm³/mol. The zero-order valence-corrected chi connectivity index (χ0v) is 18.1. The predicted octanol–water partition coefficient (Wildman–Crippen LogP) is 5.19. The van der Waals surface area contributed by atoms with Crippen molar-refractivity contribution in [2.45, 2.75) is 20.0 Å². The number of hydrogen-bond donors (Lipinski definition) is 2. The van der Waals surface area contributed by atoms with E-state index in [-0.39, 0.29) is 6.10 Å². The van der Waals surface area contributed by atoms with Crippen molar-refractivity contribution in [3.05, 3.63) is 58.4 Å². The van der Waals surface area contributed by atoms with E-state index in [1.807, 2.05) is 19.9 Å². The number of urea groups is 1. The second-order valence-corrected chi connectivity index (χ2v) is 8.13. The fourth-order valence-electron chi connectivity index (χ4n) is 3.09. The highest BCUT2D eigenvalue weighted by atomic mass is 35.5. The van der Waals surface area contributed by atoms with E-state index in [4.69, 9.17) is 16.3 Å². The van der Waals surface area contributed by atoms with Crippen LogP contribution in [0, 0.1) is 6.92 Å². The molecule has 0 bridgehead atoms. The van der Waals surface area contributed by atoms with E-state index in [0.717, 1.165) is 26.6 Å². The van der Waals surface area contributed by atoms with Crippen molar-refractivity contribution in [3.63, 3.8) is 0 Å². The highest BCUT2D eigenvalue weighted by molar-refractivity contribution is 7.18. The largest absolute Gasteiger partial charge is 0.377 e. The Balaban J connectivity index is 1.57. The smallest absolute Gasteiger partial charge is 0.323 e. The summed E-state index contributed by atoms with van der Waals surface area (Å²) < 4.78 is 7.15. The number of benzene rings is 1. The number of halogens is 1. The van der Waals surface area contributed by atoms with Crippen molar-refractivity contribution in [3.8, 4) is 5.69 Å². The molecule has 1 atom stereocenters. The number of amides is 2. The lowest BCUT2D eigenvalue weighted by molar-refractivity contribution is 0.121. The molecule has 0 aliphatic rings. The Morgan fingerprint density at radius 1 is 1.33 bits per heavy atom. The lowest BCUT2D eigenvalue weighted by Crippen LogP contribution is -2.21. The maximum absolute atomic E-state index is 12.6. The molecule has 0 fully saturated rings. The molecule has 1 aromatic carbocycles. The number of methoxy groups -OCH3 is 1. The summed E-state index contributed by atoms with van der Waals surface area (Å²) in [7, 11) is 1.61. The van der Waals surface area contributed by atoms with Crippen LogP contribution in [0.4, 0.5) is 16.2 Å². The van der Waals surface area contributed by atoms with Crippen LogP contribution < -0.4 is 10.6 Å². The molecule has 0 aliphatic carbocycles. The van der Waals surface area contributed by atoms with Crippen LogP contribution in [0.5, 0.6) is 0 Å².